The molecule has 0 bridgehead atoms. The average molecular weight is 444 g/mol. The molecule has 33 heavy (non-hydrogen) atoms. The maximum absolute atomic E-state index is 13.3. The van der Waals surface area contributed by atoms with Crippen LogP contribution in [0.15, 0.2) is 48.7 Å². The second-order valence-electron chi connectivity index (χ2n) is 9.54. The van der Waals surface area contributed by atoms with Crippen LogP contribution in [0, 0.1) is 11.8 Å². The van der Waals surface area contributed by atoms with Crippen LogP contribution in [-0.4, -0.2) is 49.3 Å². The first kappa shape index (κ1) is 20.1. The van der Waals surface area contributed by atoms with E-state index in [1.807, 2.05) is 18.2 Å². The smallest absolute Gasteiger partial charge is 0.269 e. The summed E-state index contributed by atoms with van der Waals surface area (Å²) in [7, 11) is 0. The number of primary amides is 1. The van der Waals surface area contributed by atoms with Gasteiger partial charge in [0.1, 0.15) is 6.54 Å². The zero-order valence-corrected chi connectivity index (χ0v) is 18.1. The van der Waals surface area contributed by atoms with Gasteiger partial charge < -0.3 is 10.6 Å². The summed E-state index contributed by atoms with van der Waals surface area (Å²) in [6.07, 6.45) is 4.85. The highest BCUT2D eigenvalue weighted by Gasteiger charge is 2.56. The number of aromatic nitrogens is 3. The first-order valence-corrected chi connectivity index (χ1v) is 11.5. The topological polar surface area (TPSA) is 111 Å². The van der Waals surface area contributed by atoms with Gasteiger partial charge in [0.2, 0.25) is 5.91 Å². The van der Waals surface area contributed by atoms with Gasteiger partial charge in [-0.15, -0.1) is 0 Å². The Bertz CT molecular complexity index is 1270. The Morgan fingerprint density at radius 3 is 2.64 bits per heavy atom. The molecule has 168 valence electrons. The maximum Gasteiger partial charge on any atom is 0.269 e. The number of fused-ring (bicyclic) bond motifs is 2. The lowest BCUT2D eigenvalue weighted by Gasteiger charge is -2.27. The summed E-state index contributed by atoms with van der Waals surface area (Å²) >= 11 is 0. The Morgan fingerprint density at radius 2 is 1.85 bits per heavy atom. The normalized spacial score (nSPS) is 27.4. The van der Waals surface area contributed by atoms with Gasteiger partial charge in [0.15, 0.2) is 17.1 Å². The molecule has 3 aliphatic rings. The lowest BCUT2D eigenvalue weighted by Crippen LogP contribution is -2.44. The summed E-state index contributed by atoms with van der Waals surface area (Å²) < 4.78 is 1.43. The number of carbonyl (C=O) groups excluding carboxylic acids is 3. The predicted molar refractivity (Wildman–Crippen MR) is 120 cm³/mol. The predicted octanol–water partition coefficient (Wildman–Crippen LogP) is 2.28. The van der Waals surface area contributed by atoms with E-state index in [2.05, 4.69) is 22.2 Å². The molecule has 1 aliphatic heterocycles. The summed E-state index contributed by atoms with van der Waals surface area (Å²) in [5, 5.41) is 4.78. The number of nitrogens with two attached hydrogens (primary N) is 1. The van der Waals surface area contributed by atoms with E-state index in [1.165, 1.54) is 10.2 Å². The molecule has 3 aromatic rings. The Balaban J connectivity index is 1.18. The van der Waals surface area contributed by atoms with Crippen LogP contribution >= 0.6 is 0 Å². The van der Waals surface area contributed by atoms with Crippen molar-refractivity contribution in [1.82, 2.24) is 19.7 Å². The third kappa shape index (κ3) is 3.50. The standard InChI is InChI=1S/C25H25N5O3/c26-24(33)23-17-7-4-8-27-25(17)29(28-23)13-22(32)30-19-10-16(19)11-20(30)21(31)12-15-9-18(15)14-5-2-1-3-6-14/h1-8,15-16,18-20H,9-13H2,(H2,26,33)/t15-,16+,18-,19+,20-/m0/s1. The minimum absolute atomic E-state index is 0.0656. The first-order valence-electron chi connectivity index (χ1n) is 11.5. The largest absolute Gasteiger partial charge is 0.364 e. The summed E-state index contributed by atoms with van der Waals surface area (Å²) in [6, 6.07) is 13.5. The van der Waals surface area contributed by atoms with Crippen LogP contribution in [0.2, 0.25) is 0 Å². The molecule has 2 N–H and O–H groups in total. The van der Waals surface area contributed by atoms with E-state index in [9.17, 15) is 14.4 Å². The number of ketones is 1. The van der Waals surface area contributed by atoms with Crippen LogP contribution in [0.4, 0.5) is 0 Å². The van der Waals surface area contributed by atoms with E-state index in [0.29, 0.717) is 35.2 Å². The first-order chi connectivity index (χ1) is 16.0. The van der Waals surface area contributed by atoms with Crippen LogP contribution in [0.5, 0.6) is 0 Å². The van der Waals surface area contributed by atoms with Crippen molar-refractivity contribution < 1.29 is 14.4 Å². The molecule has 5 atom stereocenters. The SMILES string of the molecule is NC(=O)c1nn(CC(=O)N2[C@@H]3C[C@@H]3C[C@H]2C(=O)C[C@@H]2C[C@H]2c2ccccc2)c2ncccc12. The number of hydrogen-bond acceptors (Lipinski definition) is 5. The highest BCUT2D eigenvalue weighted by atomic mass is 16.2. The molecule has 8 heteroatoms. The number of rotatable bonds is 7. The summed E-state index contributed by atoms with van der Waals surface area (Å²) in [6.45, 7) is -0.0656. The molecular formula is C25H25N5O3. The zero-order chi connectivity index (χ0) is 22.7. The van der Waals surface area contributed by atoms with Crippen molar-refractivity contribution in [3.8, 4) is 0 Å². The van der Waals surface area contributed by atoms with Crippen LogP contribution < -0.4 is 5.73 Å². The zero-order valence-electron chi connectivity index (χ0n) is 18.1. The molecular weight excluding hydrogens is 418 g/mol. The number of carbonyl (C=O) groups is 3. The molecule has 3 fully saturated rings. The lowest BCUT2D eigenvalue weighted by molar-refractivity contribution is -0.139. The fraction of sp³-hybridized carbons (Fsp3) is 0.400. The molecule has 8 nitrogen and oxygen atoms in total. The molecule has 2 aromatic heterocycles. The van der Waals surface area contributed by atoms with Gasteiger partial charge in [0.25, 0.3) is 5.91 Å². The molecule has 3 heterocycles. The molecule has 0 unspecified atom stereocenters. The number of nitrogens with zero attached hydrogens (tertiary/aromatic N) is 4. The Kier molecular flexibility index (Phi) is 4.57. The van der Waals surface area contributed by atoms with E-state index in [-0.39, 0.29) is 36.0 Å². The number of hydrogen-bond donors (Lipinski definition) is 1. The number of likely N-dealkylation sites (tertiary alicyclic amines) is 1. The molecule has 2 saturated carbocycles. The van der Waals surface area contributed by atoms with E-state index in [4.69, 9.17) is 5.73 Å². The monoisotopic (exact) mass is 443 g/mol. The summed E-state index contributed by atoms with van der Waals surface area (Å²) in [4.78, 5) is 44.4. The van der Waals surface area contributed by atoms with Crippen LogP contribution in [0.25, 0.3) is 11.0 Å². The second-order valence-corrected chi connectivity index (χ2v) is 9.54. The van der Waals surface area contributed by atoms with Crippen molar-refractivity contribution in [2.75, 3.05) is 0 Å². The molecule has 0 spiro atoms. The fourth-order valence-electron chi connectivity index (χ4n) is 5.59. The molecule has 2 aliphatic carbocycles. The third-order valence-corrected chi connectivity index (χ3v) is 7.40. The van der Waals surface area contributed by atoms with E-state index in [0.717, 1.165) is 19.3 Å². The van der Waals surface area contributed by atoms with Crippen LogP contribution in [0.3, 0.4) is 0 Å². The van der Waals surface area contributed by atoms with E-state index in [1.54, 1.807) is 23.2 Å². The number of piperidine rings is 1. The second kappa shape index (κ2) is 7.50. The van der Waals surface area contributed by atoms with Crippen molar-refractivity contribution in [2.24, 2.45) is 17.6 Å². The molecule has 0 radical (unpaired) electrons. The van der Waals surface area contributed by atoms with Gasteiger partial charge in [-0.2, -0.15) is 5.10 Å². The highest BCUT2D eigenvalue weighted by molar-refractivity contribution is 6.03. The Labute approximate surface area is 190 Å². The molecule has 2 amide bonds. The van der Waals surface area contributed by atoms with Crippen molar-refractivity contribution >= 4 is 28.6 Å². The van der Waals surface area contributed by atoms with Crippen molar-refractivity contribution in [3.05, 3.63) is 59.9 Å². The Morgan fingerprint density at radius 1 is 1.03 bits per heavy atom. The average Bonchev–Trinajstić information content (AvgIpc) is 3.70. The number of benzene rings is 1. The van der Waals surface area contributed by atoms with Gasteiger partial charge in [-0.3, -0.25) is 14.4 Å². The minimum atomic E-state index is -0.659. The molecule has 1 saturated heterocycles. The Hall–Kier alpha value is -3.55. The van der Waals surface area contributed by atoms with Gasteiger partial charge in [0.05, 0.1) is 11.4 Å². The molecule has 1 aromatic carbocycles. The van der Waals surface area contributed by atoms with Crippen molar-refractivity contribution in [3.63, 3.8) is 0 Å². The van der Waals surface area contributed by atoms with Gasteiger partial charge in [0, 0.05) is 18.7 Å². The van der Waals surface area contributed by atoms with Gasteiger partial charge in [-0.1, -0.05) is 30.3 Å². The van der Waals surface area contributed by atoms with Gasteiger partial charge in [-0.05, 0) is 54.7 Å². The number of amides is 2. The number of pyridine rings is 1. The van der Waals surface area contributed by atoms with Crippen LogP contribution in [0.1, 0.15) is 47.7 Å². The van der Waals surface area contributed by atoms with Crippen molar-refractivity contribution in [1.29, 1.82) is 0 Å². The third-order valence-electron chi connectivity index (χ3n) is 7.40. The van der Waals surface area contributed by atoms with Gasteiger partial charge >= 0.3 is 0 Å². The van der Waals surface area contributed by atoms with E-state index >= 15 is 0 Å². The van der Waals surface area contributed by atoms with E-state index < -0.39 is 5.91 Å². The summed E-state index contributed by atoms with van der Waals surface area (Å²) in [5.41, 5.74) is 7.30. The summed E-state index contributed by atoms with van der Waals surface area (Å²) in [5.74, 6) is 0.587. The quantitative estimate of drug-likeness (QED) is 0.602. The maximum atomic E-state index is 13.3. The molecule has 6 rings (SSSR count). The number of Topliss-reactive ketones (excluding diaryl/α,β-unsaturated/α-hetero) is 1. The van der Waals surface area contributed by atoms with Crippen LogP contribution in [-0.2, 0) is 16.1 Å². The highest BCUT2D eigenvalue weighted by Crippen LogP contribution is 2.52. The lowest BCUT2D eigenvalue weighted by atomic mass is 10.00. The van der Waals surface area contributed by atoms with Gasteiger partial charge in [-0.25, -0.2) is 9.67 Å². The van der Waals surface area contributed by atoms with Crippen molar-refractivity contribution in [2.45, 2.75) is 50.2 Å². The minimum Gasteiger partial charge on any atom is -0.364 e. The fourth-order valence-corrected chi connectivity index (χ4v) is 5.59.